The van der Waals surface area contributed by atoms with Crippen molar-refractivity contribution in [1.29, 1.82) is 0 Å². The number of likely N-dealkylation sites (N-methyl/N-ethyl adjacent to an activating group) is 1. The Kier molecular flexibility index (Phi) is 5.36. The molecule has 25 heavy (non-hydrogen) atoms. The maximum Gasteiger partial charge on any atom is 0.255 e. The van der Waals surface area contributed by atoms with E-state index in [0.29, 0.717) is 35.9 Å². The zero-order valence-electron chi connectivity index (χ0n) is 14.4. The molecule has 1 aliphatic rings. The number of pyridine rings is 1. The molecule has 1 N–H and O–H groups in total. The SMILES string of the molecule is CN(C)C[C@H](O)c1cc2n(n1)CCCN(C(=O)c1ccncc1Cl)C2. The van der Waals surface area contributed by atoms with Gasteiger partial charge >= 0.3 is 0 Å². The van der Waals surface area contributed by atoms with Gasteiger partial charge in [-0.3, -0.25) is 14.5 Å². The van der Waals surface area contributed by atoms with E-state index in [-0.39, 0.29) is 5.91 Å². The highest BCUT2D eigenvalue weighted by Crippen LogP contribution is 2.22. The van der Waals surface area contributed by atoms with E-state index in [1.54, 1.807) is 17.2 Å². The zero-order chi connectivity index (χ0) is 18.0. The fourth-order valence-electron chi connectivity index (χ4n) is 2.98. The summed E-state index contributed by atoms with van der Waals surface area (Å²) < 4.78 is 1.88. The molecule has 2 aromatic heterocycles. The molecule has 0 bridgehead atoms. The first-order valence-electron chi connectivity index (χ1n) is 8.24. The topological polar surface area (TPSA) is 74.5 Å². The summed E-state index contributed by atoms with van der Waals surface area (Å²) in [6.07, 6.45) is 3.20. The second-order valence-corrected chi connectivity index (χ2v) is 6.90. The smallest absolute Gasteiger partial charge is 0.255 e. The lowest BCUT2D eigenvalue weighted by Crippen LogP contribution is -2.31. The molecule has 0 unspecified atom stereocenters. The zero-order valence-corrected chi connectivity index (χ0v) is 15.1. The number of carbonyl (C=O) groups is 1. The number of halogens is 1. The summed E-state index contributed by atoms with van der Waals surface area (Å²) >= 11 is 6.11. The Hall–Kier alpha value is -1.96. The molecule has 7 nitrogen and oxygen atoms in total. The first kappa shape index (κ1) is 17.8. The van der Waals surface area contributed by atoms with Gasteiger partial charge in [0, 0.05) is 32.0 Å². The van der Waals surface area contributed by atoms with Gasteiger partial charge in [0.15, 0.2) is 0 Å². The standard InChI is InChI=1S/C17H22ClN5O2/c1-21(2)11-16(24)15-8-12-10-22(6-3-7-23(12)20-15)17(25)13-4-5-19-9-14(13)18/h4-5,8-9,16,24H,3,6-7,10-11H2,1-2H3/t16-/m0/s1. The van der Waals surface area contributed by atoms with Gasteiger partial charge < -0.3 is 14.9 Å². The molecule has 0 radical (unpaired) electrons. The molecular formula is C17H22ClN5O2. The first-order chi connectivity index (χ1) is 12.0. The molecule has 3 heterocycles. The third-order valence-electron chi connectivity index (χ3n) is 4.20. The van der Waals surface area contributed by atoms with E-state index >= 15 is 0 Å². The quantitative estimate of drug-likeness (QED) is 0.892. The van der Waals surface area contributed by atoms with Gasteiger partial charge in [-0.1, -0.05) is 11.6 Å². The van der Waals surface area contributed by atoms with Gasteiger partial charge in [0.05, 0.1) is 28.5 Å². The van der Waals surface area contributed by atoms with Crippen molar-refractivity contribution in [3.8, 4) is 0 Å². The second kappa shape index (κ2) is 7.51. The van der Waals surface area contributed by atoms with Gasteiger partial charge in [0.25, 0.3) is 5.91 Å². The van der Waals surface area contributed by atoms with Crippen LogP contribution in [0.1, 0.15) is 34.3 Å². The van der Waals surface area contributed by atoms with E-state index in [2.05, 4.69) is 10.1 Å². The van der Waals surface area contributed by atoms with Crippen LogP contribution in [0.15, 0.2) is 24.5 Å². The normalized spacial score (nSPS) is 15.8. The van der Waals surface area contributed by atoms with E-state index in [1.165, 1.54) is 6.20 Å². The number of aryl methyl sites for hydroxylation is 1. The van der Waals surface area contributed by atoms with Crippen LogP contribution in [0.4, 0.5) is 0 Å². The predicted octanol–water partition coefficient (Wildman–Crippen LogP) is 1.57. The number of carbonyl (C=O) groups excluding carboxylic acids is 1. The van der Waals surface area contributed by atoms with Crippen LogP contribution in [-0.2, 0) is 13.1 Å². The van der Waals surface area contributed by atoms with Crippen molar-refractivity contribution in [2.24, 2.45) is 0 Å². The van der Waals surface area contributed by atoms with Crippen molar-refractivity contribution in [3.63, 3.8) is 0 Å². The van der Waals surface area contributed by atoms with Crippen LogP contribution >= 0.6 is 11.6 Å². The fraction of sp³-hybridized carbons (Fsp3) is 0.471. The van der Waals surface area contributed by atoms with Crippen LogP contribution in [0.2, 0.25) is 5.02 Å². The molecule has 0 saturated carbocycles. The minimum atomic E-state index is -0.645. The van der Waals surface area contributed by atoms with Crippen LogP contribution < -0.4 is 0 Å². The number of aliphatic hydroxyl groups excluding tert-OH is 1. The van der Waals surface area contributed by atoms with Crippen LogP contribution in [-0.4, -0.2) is 62.8 Å². The molecular weight excluding hydrogens is 342 g/mol. The number of aromatic nitrogens is 3. The summed E-state index contributed by atoms with van der Waals surface area (Å²) in [6, 6.07) is 3.52. The summed E-state index contributed by atoms with van der Waals surface area (Å²) in [5, 5.41) is 15.1. The molecule has 1 amide bonds. The average Bonchev–Trinajstić information content (AvgIpc) is 2.86. The summed E-state index contributed by atoms with van der Waals surface area (Å²) in [5.74, 6) is -0.113. The lowest BCUT2D eigenvalue weighted by atomic mass is 10.2. The highest BCUT2D eigenvalue weighted by atomic mass is 35.5. The second-order valence-electron chi connectivity index (χ2n) is 6.50. The number of rotatable bonds is 4. The Morgan fingerprint density at radius 3 is 2.96 bits per heavy atom. The third kappa shape index (κ3) is 4.00. The maximum atomic E-state index is 12.8. The Balaban J connectivity index is 1.80. The summed E-state index contributed by atoms with van der Waals surface area (Å²) in [4.78, 5) is 20.4. The van der Waals surface area contributed by atoms with Crippen molar-refractivity contribution >= 4 is 17.5 Å². The Morgan fingerprint density at radius 2 is 2.24 bits per heavy atom. The molecule has 8 heteroatoms. The lowest BCUT2D eigenvalue weighted by Gasteiger charge is -2.20. The molecule has 1 aliphatic heterocycles. The molecule has 0 aliphatic carbocycles. The number of amides is 1. The molecule has 0 fully saturated rings. The van der Waals surface area contributed by atoms with Gasteiger partial charge in [-0.05, 0) is 32.6 Å². The van der Waals surface area contributed by atoms with Crippen LogP contribution in [0.25, 0.3) is 0 Å². The van der Waals surface area contributed by atoms with Crippen molar-refractivity contribution < 1.29 is 9.90 Å². The van der Waals surface area contributed by atoms with Crippen molar-refractivity contribution in [1.82, 2.24) is 24.6 Å². The molecule has 0 aromatic carbocycles. The van der Waals surface area contributed by atoms with E-state index in [1.807, 2.05) is 29.7 Å². The monoisotopic (exact) mass is 363 g/mol. The van der Waals surface area contributed by atoms with E-state index in [9.17, 15) is 9.90 Å². The highest BCUT2D eigenvalue weighted by Gasteiger charge is 2.24. The fourth-order valence-corrected chi connectivity index (χ4v) is 3.18. The average molecular weight is 364 g/mol. The molecule has 2 aromatic rings. The minimum absolute atomic E-state index is 0.113. The molecule has 134 valence electrons. The molecule has 3 rings (SSSR count). The molecule has 0 spiro atoms. The van der Waals surface area contributed by atoms with Crippen LogP contribution in [0, 0.1) is 0 Å². The van der Waals surface area contributed by atoms with E-state index in [4.69, 9.17) is 11.6 Å². The summed E-state index contributed by atoms with van der Waals surface area (Å²) in [7, 11) is 3.81. The number of hydrogen-bond donors (Lipinski definition) is 1. The summed E-state index contributed by atoms with van der Waals surface area (Å²) in [6.45, 7) is 2.30. The predicted molar refractivity (Wildman–Crippen MR) is 94.3 cm³/mol. The molecule has 1 atom stereocenters. The van der Waals surface area contributed by atoms with Crippen molar-refractivity contribution in [3.05, 3.63) is 46.5 Å². The summed E-state index contributed by atoms with van der Waals surface area (Å²) in [5.41, 5.74) is 2.02. The Labute approximate surface area is 151 Å². The van der Waals surface area contributed by atoms with Gasteiger partial charge in [-0.25, -0.2) is 0 Å². The first-order valence-corrected chi connectivity index (χ1v) is 8.61. The van der Waals surface area contributed by atoms with Crippen molar-refractivity contribution in [2.75, 3.05) is 27.2 Å². The number of aliphatic hydroxyl groups is 1. The van der Waals surface area contributed by atoms with Gasteiger partial charge in [-0.15, -0.1) is 0 Å². The lowest BCUT2D eigenvalue weighted by molar-refractivity contribution is 0.0746. The van der Waals surface area contributed by atoms with Crippen LogP contribution in [0.3, 0.4) is 0 Å². The van der Waals surface area contributed by atoms with Gasteiger partial charge in [0.2, 0.25) is 0 Å². The Bertz CT molecular complexity index is 761. The van der Waals surface area contributed by atoms with Gasteiger partial charge in [0.1, 0.15) is 6.10 Å². The maximum absolute atomic E-state index is 12.8. The van der Waals surface area contributed by atoms with E-state index in [0.717, 1.165) is 18.7 Å². The highest BCUT2D eigenvalue weighted by molar-refractivity contribution is 6.33. The largest absolute Gasteiger partial charge is 0.385 e. The van der Waals surface area contributed by atoms with Crippen molar-refractivity contribution in [2.45, 2.75) is 25.6 Å². The van der Waals surface area contributed by atoms with E-state index < -0.39 is 6.10 Å². The van der Waals surface area contributed by atoms with Gasteiger partial charge in [-0.2, -0.15) is 5.10 Å². The van der Waals surface area contributed by atoms with Crippen LogP contribution in [0.5, 0.6) is 0 Å². The minimum Gasteiger partial charge on any atom is -0.385 e. The Morgan fingerprint density at radius 1 is 1.44 bits per heavy atom. The number of fused-ring (bicyclic) bond motifs is 1. The molecule has 0 saturated heterocycles. The number of hydrogen-bond acceptors (Lipinski definition) is 5. The third-order valence-corrected chi connectivity index (χ3v) is 4.50. The number of nitrogens with zero attached hydrogens (tertiary/aromatic N) is 5.